The molecule has 0 bridgehead atoms. The molecule has 0 saturated heterocycles. The summed E-state index contributed by atoms with van der Waals surface area (Å²) < 4.78 is 0. The van der Waals surface area contributed by atoms with E-state index in [-0.39, 0.29) is 5.91 Å². The van der Waals surface area contributed by atoms with Crippen LogP contribution in [0, 0.1) is 11.8 Å². The molecule has 0 aromatic heterocycles. The van der Waals surface area contributed by atoms with Gasteiger partial charge in [-0.25, -0.2) is 0 Å². The van der Waals surface area contributed by atoms with Gasteiger partial charge < -0.3 is 10.6 Å². The number of amides is 1. The van der Waals surface area contributed by atoms with Crippen molar-refractivity contribution in [2.45, 2.75) is 83.7 Å². The predicted octanol–water partition coefficient (Wildman–Crippen LogP) is 3.75. The Morgan fingerprint density at radius 2 is 1.29 bits per heavy atom. The molecule has 0 atom stereocenters. The van der Waals surface area contributed by atoms with Crippen molar-refractivity contribution in [1.29, 1.82) is 0 Å². The minimum atomic E-state index is 0.127. The highest BCUT2D eigenvalue weighted by atomic mass is 16.1. The molecule has 0 unspecified atom stereocenters. The molecule has 2 aliphatic carbocycles. The highest BCUT2D eigenvalue weighted by molar-refractivity contribution is 5.73. The van der Waals surface area contributed by atoms with Gasteiger partial charge in [-0.3, -0.25) is 4.79 Å². The fraction of sp³-hybridized carbons (Fsp3) is 0.833. The topological polar surface area (TPSA) is 41.1 Å². The third-order valence-corrected chi connectivity index (χ3v) is 5.22. The predicted molar refractivity (Wildman–Crippen MR) is 87.9 cm³/mol. The molecule has 21 heavy (non-hydrogen) atoms. The van der Waals surface area contributed by atoms with Gasteiger partial charge in [-0.15, -0.1) is 0 Å². The lowest BCUT2D eigenvalue weighted by Crippen LogP contribution is -2.37. The molecule has 3 heteroatoms. The zero-order valence-corrected chi connectivity index (χ0v) is 13.8. The lowest BCUT2D eigenvalue weighted by atomic mass is 9.75. The van der Waals surface area contributed by atoms with E-state index >= 15 is 0 Å². The number of nitrogens with one attached hydrogen (secondary N) is 2. The highest BCUT2D eigenvalue weighted by Crippen LogP contribution is 2.35. The fourth-order valence-corrected chi connectivity index (χ4v) is 4.19. The van der Waals surface area contributed by atoms with Crippen LogP contribution < -0.4 is 10.6 Å². The zero-order chi connectivity index (χ0) is 15.2. The van der Waals surface area contributed by atoms with Gasteiger partial charge in [0.1, 0.15) is 0 Å². The molecule has 0 heterocycles. The van der Waals surface area contributed by atoms with Crippen LogP contribution in [0.3, 0.4) is 0 Å². The third kappa shape index (κ3) is 5.72. The second-order valence-electron chi connectivity index (χ2n) is 7.30. The molecular formula is C18H32N2O. The summed E-state index contributed by atoms with van der Waals surface area (Å²) in [5.74, 6) is 1.95. The Hall–Kier alpha value is -0.990. The maximum Gasteiger partial charge on any atom is 0.217 e. The Bertz CT molecular complexity index is 316. The van der Waals surface area contributed by atoms with E-state index in [4.69, 9.17) is 0 Å². The van der Waals surface area contributed by atoms with Crippen LogP contribution >= 0.6 is 0 Å². The first-order valence-corrected chi connectivity index (χ1v) is 8.72. The van der Waals surface area contributed by atoms with E-state index in [9.17, 15) is 4.79 Å². The van der Waals surface area contributed by atoms with Crippen LogP contribution in [-0.2, 0) is 4.79 Å². The Labute approximate surface area is 130 Å². The quantitative estimate of drug-likeness (QED) is 0.810. The molecule has 3 nitrogen and oxygen atoms in total. The summed E-state index contributed by atoms with van der Waals surface area (Å²) in [4.78, 5) is 11.1. The summed E-state index contributed by atoms with van der Waals surface area (Å²) in [6.45, 7) is 7.63. The lowest BCUT2D eigenvalue weighted by Gasteiger charge is -2.34. The van der Waals surface area contributed by atoms with Crippen molar-refractivity contribution in [2.75, 3.05) is 0 Å². The van der Waals surface area contributed by atoms with Gasteiger partial charge >= 0.3 is 0 Å². The molecule has 2 aliphatic rings. The van der Waals surface area contributed by atoms with E-state index in [2.05, 4.69) is 24.1 Å². The molecule has 0 aliphatic heterocycles. The van der Waals surface area contributed by atoms with Crippen molar-refractivity contribution in [3.05, 3.63) is 12.3 Å². The van der Waals surface area contributed by atoms with E-state index in [1.807, 2.05) is 0 Å². The van der Waals surface area contributed by atoms with Gasteiger partial charge in [0.25, 0.3) is 0 Å². The van der Waals surface area contributed by atoms with Gasteiger partial charge in [-0.1, -0.05) is 6.58 Å². The van der Waals surface area contributed by atoms with Crippen LogP contribution in [0.2, 0.25) is 0 Å². The van der Waals surface area contributed by atoms with Crippen LogP contribution in [0.4, 0.5) is 0 Å². The molecule has 2 fully saturated rings. The number of hydrogen-bond donors (Lipinski definition) is 2. The number of carbonyl (C=O) groups excluding carboxylic acids is 1. The second kappa shape index (κ2) is 7.86. The van der Waals surface area contributed by atoms with Crippen LogP contribution in [0.5, 0.6) is 0 Å². The molecule has 2 saturated carbocycles. The maximum atomic E-state index is 11.1. The molecular weight excluding hydrogens is 260 g/mol. The standard InChI is InChI=1S/C18H32N2O/c1-13(2)19-17-8-4-15(5-9-17)12-16-6-10-18(11-7-16)20-14(3)21/h15-19H,1,4-12H2,2-3H3,(H,20,21). The number of hydrogen-bond acceptors (Lipinski definition) is 2. The van der Waals surface area contributed by atoms with Crippen molar-refractivity contribution in [3.63, 3.8) is 0 Å². The third-order valence-electron chi connectivity index (χ3n) is 5.22. The first kappa shape index (κ1) is 16.4. The number of allylic oxidation sites excluding steroid dienone is 1. The molecule has 1 amide bonds. The lowest BCUT2D eigenvalue weighted by molar-refractivity contribution is -0.119. The first-order chi connectivity index (χ1) is 10.0. The van der Waals surface area contributed by atoms with E-state index in [0.717, 1.165) is 17.5 Å². The van der Waals surface area contributed by atoms with E-state index in [1.165, 1.54) is 57.8 Å². The average Bonchev–Trinajstić information content (AvgIpc) is 2.42. The molecule has 120 valence electrons. The van der Waals surface area contributed by atoms with Crippen LogP contribution in [0.15, 0.2) is 12.3 Å². The first-order valence-electron chi connectivity index (χ1n) is 8.72. The fourth-order valence-electron chi connectivity index (χ4n) is 4.19. The van der Waals surface area contributed by atoms with Crippen molar-refractivity contribution < 1.29 is 4.79 Å². The summed E-state index contributed by atoms with van der Waals surface area (Å²) in [6, 6.07) is 1.10. The highest BCUT2D eigenvalue weighted by Gasteiger charge is 2.27. The van der Waals surface area contributed by atoms with Gasteiger partial charge in [0.15, 0.2) is 0 Å². The molecule has 0 spiro atoms. The number of carbonyl (C=O) groups is 1. The summed E-state index contributed by atoms with van der Waals surface area (Å²) in [5, 5.41) is 6.57. The normalized spacial score (nSPS) is 33.2. The smallest absolute Gasteiger partial charge is 0.217 e. The molecule has 2 N–H and O–H groups in total. The molecule has 2 rings (SSSR count). The largest absolute Gasteiger partial charge is 0.386 e. The summed E-state index contributed by atoms with van der Waals surface area (Å²) >= 11 is 0. The van der Waals surface area contributed by atoms with Gasteiger partial charge in [-0.2, -0.15) is 0 Å². The maximum absolute atomic E-state index is 11.1. The summed E-state index contributed by atoms with van der Waals surface area (Å²) in [7, 11) is 0. The average molecular weight is 292 g/mol. The zero-order valence-electron chi connectivity index (χ0n) is 13.8. The Kier molecular flexibility index (Phi) is 6.13. The molecule has 0 aromatic carbocycles. The van der Waals surface area contributed by atoms with E-state index < -0.39 is 0 Å². The van der Waals surface area contributed by atoms with Crippen molar-refractivity contribution in [2.24, 2.45) is 11.8 Å². The Morgan fingerprint density at radius 1 is 0.857 bits per heavy atom. The Morgan fingerprint density at radius 3 is 1.67 bits per heavy atom. The van der Waals surface area contributed by atoms with E-state index in [1.54, 1.807) is 6.92 Å². The monoisotopic (exact) mass is 292 g/mol. The van der Waals surface area contributed by atoms with Gasteiger partial charge in [0.05, 0.1) is 0 Å². The summed E-state index contributed by atoms with van der Waals surface area (Å²) in [6.07, 6.45) is 11.7. The van der Waals surface area contributed by atoms with E-state index in [0.29, 0.717) is 12.1 Å². The molecule has 0 radical (unpaired) electrons. The molecule has 0 aromatic rings. The summed E-state index contributed by atoms with van der Waals surface area (Å²) in [5.41, 5.74) is 1.11. The van der Waals surface area contributed by atoms with Crippen LogP contribution in [0.1, 0.15) is 71.6 Å². The van der Waals surface area contributed by atoms with Gasteiger partial charge in [0, 0.05) is 24.7 Å². The number of rotatable bonds is 5. The van der Waals surface area contributed by atoms with Crippen molar-refractivity contribution in [3.8, 4) is 0 Å². The minimum Gasteiger partial charge on any atom is -0.386 e. The Balaban J connectivity index is 1.64. The van der Waals surface area contributed by atoms with Crippen LogP contribution in [0.25, 0.3) is 0 Å². The minimum absolute atomic E-state index is 0.127. The van der Waals surface area contributed by atoms with Gasteiger partial charge in [-0.05, 0) is 76.5 Å². The second-order valence-corrected chi connectivity index (χ2v) is 7.30. The SMILES string of the molecule is C=C(C)NC1CCC(CC2CCC(NC(C)=O)CC2)CC1. The van der Waals surface area contributed by atoms with Crippen LogP contribution in [-0.4, -0.2) is 18.0 Å². The van der Waals surface area contributed by atoms with Gasteiger partial charge in [0.2, 0.25) is 5.91 Å². The van der Waals surface area contributed by atoms with Crippen molar-refractivity contribution >= 4 is 5.91 Å². The van der Waals surface area contributed by atoms with Crippen molar-refractivity contribution in [1.82, 2.24) is 10.6 Å².